The Bertz CT molecular complexity index is 1260. The Morgan fingerprint density at radius 2 is 2.00 bits per heavy atom. The lowest BCUT2D eigenvalue weighted by Crippen LogP contribution is -2.40. The smallest absolute Gasteiger partial charge is 0.415 e. The van der Waals surface area contributed by atoms with Crippen LogP contribution in [0.4, 0.5) is 10.5 Å². The first-order chi connectivity index (χ1) is 17.9. The Morgan fingerprint density at radius 1 is 1.22 bits per heavy atom. The molecule has 2 N–H and O–H groups in total. The Hall–Kier alpha value is -3.97. The van der Waals surface area contributed by atoms with Crippen molar-refractivity contribution in [3.05, 3.63) is 47.8 Å². The van der Waals surface area contributed by atoms with Crippen LogP contribution in [0, 0.1) is 23.2 Å². The minimum Gasteiger partial charge on any atom is -0.442 e. The summed E-state index contributed by atoms with van der Waals surface area (Å²) in [6, 6.07) is 12.0. The quantitative estimate of drug-likeness (QED) is 0.586. The number of likely N-dealkylation sites (tertiary alicyclic amines) is 1. The van der Waals surface area contributed by atoms with E-state index >= 15 is 0 Å². The van der Waals surface area contributed by atoms with E-state index in [1.54, 1.807) is 9.80 Å². The second-order valence-corrected chi connectivity index (χ2v) is 9.93. The van der Waals surface area contributed by atoms with Crippen molar-refractivity contribution in [2.75, 3.05) is 31.1 Å². The molecular weight excluding hydrogens is 474 g/mol. The largest absolute Gasteiger partial charge is 0.442 e. The predicted molar refractivity (Wildman–Crippen MR) is 133 cm³/mol. The van der Waals surface area contributed by atoms with E-state index in [2.05, 4.69) is 22.4 Å². The summed E-state index contributed by atoms with van der Waals surface area (Å²) in [5.74, 6) is -0.283. The summed E-state index contributed by atoms with van der Waals surface area (Å²) in [6.45, 7) is 2.21. The zero-order chi connectivity index (χ0) is 26.1. The van der Waals surface area contributed by atoms with Crippen LogP contribution < -0.4 is 10.2 Å². The number of pyridine rings is 1. The molecule has 0 spiro atoms. The normalized spacial score (nSPS) is 23.9. The number of nitriles is 1. The molecule has 1 aromatic heterocycles. The highest BCUT2D eigenvalue weighted by Gasteiger charge is 2.47. The number of cyclic esters (lactones) is 1. The second-order valence-electron chi connectivity index (χ2n) is 9.93. The Morgan fingerprint density at radius 3 is 2.70 bits per heavy atom. The molecule has 5 rings (SSSR count). The Labute approximate surface area is 214 Å². The van der Waals surface area contributed by atoms with Gasteiger partial charge in [0.25, 0.3) is 0 Å². The van der Waals surface area contributed by atoms with Gasteiger partial charge in [0.15, 0.2) is 0 Å². The summed E-state index contributed by atoms with van der Waals surface area (Å²) in [5, 5.41) is 21.1. The number of rotatable bonds is 7. The number of benzene rings is 1. The lowest BCUT2D eigenvalue weighted by molar-refractivity contribution is -0.133. The fourth-order valence-corrected chi connectivity index (χ4v) is 5.68. The molecular formula is C27H29N5O5. The highest BCUT2D eigenvalue weighted by Crippen LogP contribution is 2.40. The number of nitrogens with one attached hydrogen (secondary N) is 1. The number of amides is 3. The highest BCUT2D eigenvalue weighted by atomic mass is 16.6. The molecule has 10 nitrogen and oxygen atoms in total. The van der Waals surface area contributed by atoms with Crippen molar-refractivity contribution in [3.8, 4) is 17.2 Å². The molecule has 0 saturated carbocycles. The molecule has 3 amide bonds. The third-order valence-corrected chi connectivity index (χ3v) is 7.58. The van der Waals surface area contributed by atoms with E-state index in [4.69, 9.17) is 4.74 Å². The van der Waals surface area contributed by atoms with Crippen molar-refractivity contribution in [3.63, 3.8) is 0 Å². The molecule has 192 valence electrons. The monoisotopic (exact) mass is 503 g/mol. The van der Waals surface area contributed by atoms with Crippen molar-refractivity contribution >= 4 is 23.6 Å². The maximum atomic E-state index is 12.5. The molecule has 3 aliphatic heterocycles. The van der Waals surface area contributed by atoms with Crippen molar-refractivity contribution in [2.24, 2.45) is 11.8 Å². The first-order valence-electron chi connectivity index (χ1n) is 12.5. The molecule has 0 aliphatic carbocycles. The number of aliphatic hydroxyl groups excluding tert-OH is 1. The zero-order valence-electron chi connectivity index (χ0n) is 20.6. The lowest BCUT2D eigenvalue weighted by Gasteiger charge is -2.16. The van der Waals surface area contributed by atoms with Crippen LogP contribution in [0.1, 0.15) is 24.6 Å². The third-order valence-electron chi connectivity index (χ3n) is 7.58. The minimum atomic E-state index is -0.518. The standard InChI is InChI=1S/C27H29N5O5/c1-16(34)29-12-25-24-10-20-8-17(3-5-23(20)32(24)27(36)37-25)18-2-4-22(30-11-18)9-21-14-31(26(35)15-33)13-19(21)6-7-28/h2-5,8,11,19,21,24-25,33H,6,9-10,12-15H2,1H3,(H,29,34)/t19?,21?,24-,25?/m0/s1. The number of carbonyl (C=O) groups excluding carboxylic acids is 3. The molecule has 0 bridgehead atoms. The summed E-state index contributed by atoms with van der Waals surface area (Å²) in [7, 11) is 0. The van der Waals surface area contributed by atoms with E-state index in [9.17, 15) is 24.8 Å². The minimum absolute atomic E-state index is 0.0642. The van der Waals surface area contributed by atoms with Gasteiger partial charge < -0.3 is 20.1 Å². The molecule has 0 radical (unpaired) electrons. The third kappa shape index (κ3) is 4.87. The molecule has 1 aromatic carbocycles. The van der Waals surface area contributed by atoms with Crippen molar-refractivity contribution < 1.29 is 24.2 Å². The molecule has 2 fully saturated rings. The lowest BCUT2D eigenvalue weighted by atomic mass is 9.89. The van der Waals surface area contributed by atoms with Crippen LogP contribution in [-0.4, -0.2) is 71.3 Å². The van der Waals surface area contributed by atoms with Gasteiger partial charge in [-0.25, -0.2) is 4.79 Å². The summed E-state index contributed by atoms with van der Waals surface area (Å²) < 4.78 is 5.48. The van der Waals surface area contributed by atoms with Gasteiger partial charge in [0, 0.05) is 43.9 Å². The van der Waals surface area contributed by atoms with Gasteiger partial charge in [0.05, 0.1) is 24.3 Å². The molecule has 3 unspecified atom stereocenters. The summed E-state index contributed by atoms with van der Waals surface area (Å²) >= 11 is 0. The van der Waals surface area contributed by atoms with Crippen LogP contribution >= 0.6 is 0 Å². The zero-order valence-corrected chi connectivity index (χ0v) is 20.6. The maximum Gasteiger partial charge on any atom is 0.415 e. The number of hydrogen-bond donors (Lipinski definition) is 2. The van der Waals surface area contributed by atoms with Gasteiger partial charge in [-0.2, -0.15) is 5.26 Å². The molecule has 4 heterocycles. The highest BCUT2D eigenvalue weighted by molar-refractivity contribution is 5.94. The topological polar surface area (TPSA) is 136 Å². The van der Waals surface area contributed by atoms with Crippen LogP contribution in [-0.2, 0) is 27.2 Å². The average molecular weight is 504 g/mol. The van der Waals surface area contributed by atoms with Gasteiger partial charge in [-0.15, -0.1) is 0 Å². The van der Waals surface area contributed by atoms with Gasteiger partial charge in [0.2, 0.25) is 11.8 Å². The van der Waals surface area contributed by atoms with Crippen LogP contribution in [0.15, 0.2) is 36.5 Å². The van der Waals surface area contributed by atoms with Crippen LogP contribution in [0.3, 0.4) is 0 Å². The number of fused-ring (bicyclic) bond motifs is 3. The number of aliphatic hydroxyl groups is 1. The molecule has 4 atom stereocenters. The fraction of sp³-hybridized carbons (Fsp3) is 0.444. The van der Waals surface area contributed by atoms with Crippen molar-refractivity contribution in [1.82, 2.24) is 15.2 Å². The molecule has 3 aliphatic rings. The summed E-state index contributed by atoms with van der Waals surface area (Å²) in [4.78, 5) is 43.7. The molecule has 2 aromatic rings. The number of hydrogen-bond acceptors (Lipinski definition) is 7. The fourth-order valence-electron chi connectivity index (χ4n) is 5.68. The van der Waals surface area contributed by atoms with E-state index in [0.29, 0.717) is 32.4 Å². The van der Waals surface area contributed by atoms with E-state index in [1.807, 2.05) is 30.5 Å². The van der Waals surface area contributed by atoms with Gasteiger partial charge in [-0.3, -0.25) is 19.5 Å². The van der Waals surface area contributed by atoms with Crippen molar-refractivity contribution in [1.29, 1.82) is 5.26 Å². The number of ether oxygens (including phenoxy) is 1. The van der Waals surface area contributed by atoms with Crippen LogP contribution in [0.25, 0.3) is 11.1 Å². The van der Waals surface area contributed by atoms with Crippen molar-refractivity contribution in [2.45, 2.75) is 38.3 Å². The van der Waals surface area contributed by atoms with E-state index < -0.39 is 18.8 Å². The second kappa shape index (κ2) is 10.2. The predicted octanol–water partition coefficient (Wildman–Crippen LogP) is 1.66. The summed E-state index contributed by atoms with van der Waals surface area (Å²) in [6.07, 6.45) is 2.71. The van der Waals surface area contributed by atoms with Crippen LogP contribution in [0.2, 0.25) is 0 Å². The molecule has 2 saturated heterocycles. The Kier molecular flexibility index (Phi) is 6.80. The average Bonchev–Trinajstić information content (AvgIpc) is 3.56. The van der Waals surface area contributed by atoms with Gasteiger partial charge >= 0.3 is 6.09 Å². The number of carbonyl (C=O) groups is 3. The number of nitrogens with zero attached hydrogens (tertiary/aromatic N) is 4. The van der Waals surface area contributed by atoms with Crippen LogP contribution in [0.5, 0.6) is 0 Å². The van der Waals surface area contributed by atoms with Gasteiger partial charge in [-0.1, -0.05) is 12.1 Å². The molecule has 10 heteroatoms. The molecule has 37 heavy (non-hydrogen) atoms. The number of aromatic nitrogens is 1. The van der Waals surface area contributed by atoms with E-state index in [1.165, 1.54) is 6.92 Å². The first kappa shape index (κ1) is 24.7. The van der Waals surface area contributed by atoms with Gasteiger partial charge in [-0.05, 0) is 54.0 Å². The first-order valence-corrected chi connectivity index (χ1v) is 12.5. The maximum absolute atomic E-state index is 12.5. The van der Waals surface area contributed by atoms with E-state index in [-0.39, 0.29) is 36.2 Å². The number of anilines is 1. The van der Waals surface area contributed by atoms with E-state index in [0.717, 1.165) is 28.1 Å². The SMILES string of the molecule is CC(=O)NCC1OC(=O)N2c3ccc(-c4ccc(CC5CN(C(=O)CO)CC5CC#N)nc4)cc3C[C@@H]12. The Balaban J connectivity index is 1.28. The summed E-state index contributed by atoms with van der Waals surface area (Å²) in [5.41, 5.74) is 4.72. The van der Waals surface area contributed by atoms with Gasteiger partial charge in [0.1, 0.15) is 12.7 Å².